The predicted molar refractivity (Wildman–Crippen MR) is 47.3 cm³/mol. The summed E-state index contributed by atoms with van der Waals surface area (Å²) < 4.78 is 0. The zero-order valence-corrected chi connectivity index (χ0v) is 7.29. The van der Waals surface area contributed by atoms with Crippen molar-refractivity contribution in [1.29, 1.82) is 0 Å². The van der Waals surface area contributed by atoms with Gasteiger partial charge in [0.2, 0.25) is 0 Å². The monoisotopic (exact) mass is 154 g/mol. The molecule has 11 heavy (non-hydrogen) atoms. The van der Waals surface area contributed by atoms with Crippen molar-refractivity contribution in [3.63, 3.8) is 0 Å². The lowest BCUT2D eigenvalue weighted by molar-refractivity contribution is 0.273. The van der Waals surface area contributed by atoms with E-state index in [-0.39, 0.29) is 0 Å². The molecule has 0 fully saturated rings. The molecule has 1 rings (SSSR count). The van der Waals surface area contributed by atoms with Crippen LogP contribution in [0.25, 0.3) is 0 Å². The molecular formula is C10H18O. The summed E-state index contributed by atoms with van der Waals surface area (Å²) in [6.07, 6.45) is 9.41. The van der Waals surface area contributed by atoms with Crippen molar-refractivity contribution in [2.24, 2.45) is 11.8 Å². The van der Waals surface area contributed by atoms with Gasteiger partial charge in [0.1, 0.15) is 0 Å². The SMILES string of the molecule is C[C@@H]1C=C[C@H](CCCO)CC1. The first-order chi connectivity index (χ1) is 5.33. The van der Waals surface area contributed by atoms with Crippen LogP contribution < -0.4 is 0 Å². The van der Waals surface area contributed by atoms with E-state index in [0.717, 1.165) is 18.3 Å². The van der Waals surface area contributed by atoms with Gasteiger partial charge >= 0.3 is 0 Å². The van der Waals surface area contributed by atoms with E-state index in [2.05, 4.69) is 19.1 Å². The standard InChI is InChI=1S/C10H18O/c1-9-4-6-10(7-5-9)3-2-8-11/h4,6,9-11H,2-3,5,7-8H2,1H3/t9-,10+/m1/s1. The molecule has 2 atom stereocenters. The summed E-state index contributed by atoms with van der Waals surface area (Å²) in [5, 5.41) is 8.62. The Morgan fingerprint density at radius 1 is 1.36 bits per heavy atom. The lowest BCUT2D eigenvalue weighted by Crippen LogP contribution is -2.06. The Labute approximate surface area is 69.1 Å². The highest BCUT2D eigenvalue weighted by Gasteiger charge is 2.11. The molecule has 1 nitrogen and oxygen atoms in total. The highest BCUT2D eigenvalue weighted by molar-refractivity contribution is 4.96. The Morgan fingerprint density at radius 3 is 2.73 bits per heavy atom. The van der Waals surface area contributed by atoms with Gasteiger partial charge < -0.3 is 5.11 Å². The van der Waals surface area contributed by atoms with E-state index in [1.807, 2.05) is 0 Å². The fourth-order valence-electron chi connectivity index (χ4n) is 1.61. The molecule has 0 saturated heterocycles. The third kappa shape index (κ3) is 3.06. The molecule has 0 aliphatic heterocycles. The number of allylic oxidation sites excluding steroid dienone is 2. The molecular weight excluding hydrogens is 136 g/mol. The van der Waals surface area contributed by atoms with Crippen molar-refractivity contribution >= 4 is 0 Å². The molecule has 0 heterocycles. The predicted octanol–water partition coefficient (Wildman–Crippen LogP) is 2.36. The summed E-state index contributed by atoms with van der Waals surface area (Å²) in [6.45, 7) is 2.61. The Morgan fingerprint density at radius 2 is 2.18 bits per heavy atom. The van der Waals surface area contributed by atoms with Gasteiger partial charge in [-0.1, -0.05) is 19.1 Å². The number of hydrogen-bond acceptors (Lipinski definition) is 1. The van der Waals surface area contributed by atoms with Crippen LogP contribution in [-0.4, -0.2) is 11.7 Å². The minimum absolute atomic E-state index is 0.347. The molecule has 0 aromatic carbocycles. The van der Waals surface area contributed by atoms with Crippen molar-refractivity contribution in [2.75, 3.05) is 6.61 Å². The fourth-order valence-corrected chi connectivity index (χ4v) is 1.61. The molecule has 64 valence electrons. The van der Waals surface area contributed by atoms with Crippen molar-refractivity contribution in [3.05, 3.63) is 12.2 Å². The molecule has 0 saturated carbocycles. The van der Waals surface area contributed by atoms with Gasteiger partial charge in [0.15, 0.2) is 0 Å². The Balaban J connectivity index is 2.21. The van der Waals surface area contributed by atoms with E-state index in [0.29, 0.717) is 6.61 Å². The second kappa shape index (κ2) is 4.55. The van der Waals surface area contributed by atoms with E-state index in [4.69, 9.17) is 5.11 Å². The maximum absolute atomic E-state index is 8.62. The van der Waals surface area contributed by atoms with Gasteiger partial charge in [-0.25, -0.2) is 0 Å². The Bertz CT molecular complexity index is 129. The lowest BCUT2D eigenvalue weighted by atomic mass is 9.87. The average Bonchev–Trinajstić information content (AvgIpc) is 2.04. The van der Waals surface area contributed by atoms with Gasteiger partial charge in [-0.15, -0.1) is 0 Å². The minimum Gasteiger partial charge on any atom is -0.396 e. The summed E-state index contributed by atoms with van der Waals surface area (Å²) in [5.41, 5.74) is 0. The molecule has 1 N–H and O–H groups in total. The van der Waals surface area contributed by atoms with E-state index < -0.39 is 0 Å². The van der Waals surface area contributed by atoms with Crippen molar-refractivity contribution in [2.45, 2.75) is 32.6 Å². The molecule has 1 aliphatic rings. The molecule has 0 bridgehead atoms. The third-order valence-corrected chi connectivity index (χ3v) is 2.44. The van der Waals surface area contributed by atoms with Crippen LogP contribution in [0.1, 0.15) is 32.6 Å². The summed E-state index contributed by atoms with van der Waals surface area (Å²) in [5.74, 6) is 1.53. The van der Waals surface area contributed by atoms with Crippen molar-refractivity contribution < 1.29 is 5.11 Å². The van der Waals surface area contributed by atoms with Crippen LogP contribution in [0.15, 0.2) is 12.2 Å². The second-order valence-electron chi connectivity index (χ2n) is 3.57. The van der Waals surface area contributed by atoms with Crippen LogP contribution >= 0.6 is 0 Å². The highest BCUT2D eigenvalue weighted by Crippen LogP contribution is 2.24. The first-order valence-corrected chi connectivity index (χ1v) is 4.62. The second-order valence-corrected chi connectivity index (χ2v) is 3.57. The van der Waals surface area contributed by atoms with Gasteiger partial charge in [-0.3, -0.25) is 0 Å². The topological polar surface area (TPSA) is 20.2 Å². The zero-order valence-electron chi connectivity index (χ0n) is 7.29. The van der Waals surface area contributed by atoms with Gasteiger partial charge in [-0.2, -0.15) is 0 Å². The smallest absolute Gasteiger partial charge is 0.0431 e. The molecule has 1 heteroatoms. The molecule has 0 spiro atoms. The largest absolute Gasteiger partial charge is 0.396 e. The molecule has 1 aliphatic carbocycles. The van der Waals surface area contributed by atoms with Crippen LogP contribution in [0.3, 0.4) is 0 Å². The van der Waals surface area contributed by atoms with Crippen molar-refractivity contribution in [1.82, 2.24) is 0 Å². The van der Waals surface area contributed by atoms with Crippen LogP contribution in [0.2, 0.25) is 0 Å². The number of rotatable bonds is 3. The van der Waals surface area contributed by atoms with Crippen LogP contribution in [0.4, 0.5) is 0 Å². The molecule has 0 aromatic heterocycles. The molecule has 0 aromatic rings. The first kappa shape index (κ1) is 8.79. The third-order valence-electron chi connectivity index (χ3n) is 2.44. The molecule has 0 unspecified atom stereocenters. The summed E-state index contributed by atoms with van der Waals surface area (Å²) >= 11 is 0. The van der Waals surface area contributed by atoms with Gasteiger partial charge in [0, 0.05) is 6.61 Å². The highest BCUT2D eigenvalue weighted by atomic mass is 16.2. The summed E-state index contributed by atoms with van der Waals surface area (Å²) in [7, 11) is 0. The number of aliphatic hydroxyl groups excluding tert-OH is 1. The quantitative estimate of drug-likeness (QED) is 0.619. The van der Waals surface area contributed by atoms with Gasteiger partial charge in [0.05, 0.1) is 0 Å². The normalized spacial score (nSPS) is 30.7. The molecule has 0 amide bonds. The minimum atomic E-state index is 0.347. The van der Waals surface area contributed by atoms with E-state index in [1.54, 1.807) is 0 Å². The summed E-state index contributed by atoms with van der Waals surface area (Å²) in [6, 6.07) is 0. The number of hydrogen-bond donors (Lipinski definition) is 1. The fraction of sp³-hybridized carbons (Fsp3) is 0.800. The zero-order chi connectivity index (χ0) is 8.10. The van der Waals surface area contributed by atoms with E-state index in [1.165, 1.54) is 19.3 Å². The van der Waals surface area contributed by atoms with Crippen molar-refractivity contribution in [3.8, 4) is 0 Å². The maximum Gasteiger partial charge on any atom is 0.0431 e. The van der Waals surface area contributed by atoms with Crippen LogP contribution in [0, 0.1) is 11.8 Å². The lowest BCUT2D eigenvalue weighted by Gasteiger charge is -2.19. The van der Waals surface area contributed by atoms with E-state index >= 15 is 0 Å². The van der Waals surface area contributed by atoms with Gasteiger partial charge in [-0.05, 0) is 37.5 Å². The van der Waals surface area contributed by atoms with Crippen LogP contribution in [-0.2, 0) is 0 Å². The van der Waals surface area contributed by atoms with Crippen LogP contribution in [0.5, 0.6) is 0 Å². The summed E-state index contributed by atoms with van der Waals surface area (Å²) in [4.78, 5) is 0. The van der Waals surface area contributed by atoms with E-state index in [9.17, 15) is 0 Å². The first-order valence-electron chi connectivity index (χ1n) is 4.62. The average molecular weight is 154 g/mol. The Hall–Kier alpha value is -0.300. The number of aliphatic hydroxyl groups is 1. The van der Waals surface area contributed by atoms with Gasteiger partial charge in [0.25, 0.3) is 0 Å². The Kier molecular flexibility index (Phi) is 3.64. The maximum atomic E-state index is 8.62. The molecule has 0 radical (unpaired) electrons.